The quantitative estimate of drug-likeness (QED) is 0.370. The Balaban J connectivity index is 3.18. The van der Waals surface area contributed by atoms with E-state index in [1.165, 1.54) is 51.4 Å². The minimum Gasteiger partial charge on any atom is -0.356 e. The molecule has 0 saturated carbocycles. The van der Waals surface area contributed by atoms with E-state index in [1.807, 2.05) is 0 Å². The van der Waals surface area contributed by atoms with Gasteiger partial charge in [0.05, 0.1) is 0 Å². The maximum absolute atomic E-state index is 11.5. The van der Waals surface area contributed by atoms with E-state index < -0.39 is 0 Å². The van der Waals surface area contributed by atoms with Crippen molar-refractivity contribution in [1.82, 2.24) is 5.32 Å². The lowest BCUT2D eigenvalue weighted by atomic mass is 10.1. The number of unbranched alkanes of at least 4 members (excludes halogenated alkanes) is 8. The molecule has 1 amide bonds. The van der Waals surface area contributed by atoms with Gasteiger partial charge in [0, 0.05) is 18.3 Å². The SMILES string of the molecule is CCCCCCCCCCCC(=O)NCC(C)CBr. The molecular formula is C16H32BrNO. The molecule has 0 aromatic carbocycles. The van der Waals surface area contributed by atoms with Gasteiger partial charge in [0.1, 0.15) is 0 Å². The molecule has 0 aliphatic heterocycles. The summed E-state index contributed by atoms with van der Waals surface area (Å²) in [5, 5.41) is 3.94. The molecule has 0 bridgehead atoms. The van der Waals surface area contributed by atoms with Gasteiger partial charge in [0.25, 0.3) is 0 Å². The zero-order chi connectivity index (χ0) is 14.3. The number of alkyl halides is 1. The molecule has 0 saturated heterocycles. The van der Waals surface area contributed by atoms with Crippen LogP contribution in [0.3, 0.4) is 0 Å². The molecule has 3 heteroatoms. The number of hydrogen-bond donors (Lipinski definition) is 1. The Labute approximate surface area is 128 Å². The van der Waals surface area contributed by atoms with Crippen molar-refractivity contribution in [3.05, 3.63) is 0 Å². The van der Waals surface area contributed by atoms with Crippen molar-refractivity contribution in [1.29, 1.82) is 0 Å². The van der Waals surface area contributed by atoms with Crippen LogP contribution in [0.25, 0.3) is 0 Å². The standard InChI is InChI=1S/C16H32BrNO/c1-3-4-5-6-7-8-9-10-11-12-16(19)18-14-15(2)13-17/h15H,3-14H2,1-2H3,(H,18,19). The summed E-state index contributed by atoms with van der Waals surface area (Å²) in [6.07, 6.45) is 12.4. The van der Waals surface area contributed by atoms with Crippen LogP contribution in [0.4, 0.5) is 0 Å². The molecule has 1 N–H and O–H groups in total. The van der Waals surface area contributed by atoms with Crippen LogP contribution in [0.5, 0.6) is 0 Å². The lowest BCUT2D eigenvalue weighted by Gasteiger charge is -2.09. The van der Waals surface area contributed by atoms with Crippen molar-refractivity contribution >= 4 is 21.8 Å². The summed E-state index contributed by atoms with van der Waals surface area (Å²) in [5.41, 5.74) is 0. The second-order valence-corrected chi connectivity index (χ2v) is 6.29. The summed E-state index contributed by atoms with van der Waals surface area (Å²) in [4.78, 5) is 11.5. The van der Waals surface area contributed by atoms with Crippen LogP contribution in [0.1, 0.15) is 78.1 Å². The second kappa shape index (κ2) is 14.4. The van der Waals surface area contributed by atoms with Crippen molar-refractivity contribution in [2.45, 2.75) is 78.1 Å². The summed E-state index contributed by atoms with van der Waals surface area (Å²) in [5.74, 6) is 0.739. The number of rotatable bonds is 13. The van der Waals surface area contributed by atoms with E-state index in [0.717, 1.165) is 18.3 Å². The molecule has 0 fully saturated rings. The Bertz CT molecular complexity index is 209. The van der Waals surface area contributed by atoms with Crippen molar-refractivity contribution < 1.29 is 4.79 Å². The molecule has 2 nitrogen and oxygen atoms in total. The lowest BCUT2D eigenvalue weighted by Crippen LogP contribution is -2.28. The van der Waals surface area contributed by atoms with Crippen LogP contribution in [-0.2, 0) is 4.79 Å². The van der Waals surface area contributed by atoms with Crippen LogP contribution < -0.4 is 5.32 Å². The Morgan fingerprint density at radius 1 is 1.00 bits per heavy atom. The maximum atomic E-state index is 11.5. The van der Waals surface area contributed by atoms with E-state index in [2.05, 4.69) is 35.1 Å². The topological polar surface area (TPSA) is 29.1 Å². The fraction of sp³-hybridized carbons (Fsp3) is 0.938. The predicted octanol–water partition coefficient (Wildman–Crippen LogP) is 5.05. The van der Waals surface area contributed by atoms with Gasteiger partial charge in [0.15, 0.2) is 0 Å². The Hall–Kier alpha value is -0.0500. The highest BCUT2D eigenvalue weighted by atomic mass is 79.9. The van der Waals surface area contributed by atoms with E-state index in [4.69, 9.17) is 0 Å². The molecule has 0 rings (SSSR count). The first kappa shape index (κ1) is 18.9. The fourth-order valence-electron chi connectivity index (χ4n) is 2.03. The summed E-state index contributed by atoms with van der Waals surface area (Å²) in [7, 11) is 0. The smallest absolute Gasteiger partial charge is 0.220 e. The number of carbonyl (C=O) groups is 1. The van der Waals surface area contributed by atoms with Crippen molar-refractivity contribution in [2.75, 3.05) is 11.9 Å². The molecule has 0 aliphatic rings. The molecule has 19 heavy (non-hydrogen) atoms. The molecule has 1 atom stereocenters. The number of nitrogens with one attached hydrogen (secondary N) is 1. The summed E-state index contributed by atoms with van der Waals surface area (Å²) in [6, 6.07) is 0. The van der Waals surface area contributed by atoms with Crippen LogP contribution in [0, 0.1) is 5.92 Å². The first-order valence-corrected chi connectivity index (χ1v) is 9.15. The molecule has 0 aromatic rings. The van der Waals surface area contributed by atoms with E-state index >= 15 is 0 Å². The molecule has 0 aromatic heterocycles. The first-order chi connectivity index (χ1) is 9.20. The first-order valence-electron chi connectivity index (χ1n) is 8.03. The molecule has 1 unspecified atom stereocenters. The minimum atomic E-state index is 0.218. The Morgan fingerprint density at radius 2 is 1.53 bits per heavy atom. The van der Waals surface area contributed by atoms with Crippen LogP contribution in [0.2, 0.25) is 0 Å². The number of halogens is 1. The van der Waals surface area contributed by atoms with Gasteiger partial charge in [-0.3, -0.25) is 4.79 Å². The molecule has 0 spiro atoms. The summed E-state index contributed by atoms with van der Waals surface area (Å²) >= 11 is 3.42. The van der Waals surface area contributed by atoms with E-state index in [0.29, 0.717) is 12.3 Å². The van der Waals surface area contributed by atoms with Crippen molar-refractivity contribution in [2.24, 2.45) is 5.92 Å². The molecule has 0 heterocycles. The Kier molecular flexibility index (Phi) is 14.3. The third kappa shape index (κ3) is 14.2. The largest absolute Gasteiger partial charge is 0.356 e. The van der Waals surface area contributed by atoms with Gasteiger partial charge in [-0.15, -0.1) is 0 Å². The second-order valence-electron chi connectivity index (χ2n) is 5.64. The van der Waals surface area contributed by atoms with Crippen LogP contribution in [-0.4, -0.2) is 17.8 Å². The fourth-order valence-corrected chi connectivity index (χ4v) is 2.26. The third-order valence-corrected chi connectivity index (χ3v) is 4.52. The average Bonchev–Trinajstić information content (AvgIpc) is 2.42. The minimum absolute atomic E-state index is 0.218. The van der Waals surface area contributed by atoms with E-state index in [9.17, 15) is 4.79 Å². The Morgan fingerprint density at radius 3 is 2.05 bits per heavy atom. The predicted molar refractivity (Wildman–Crippen MR) is 87.8 cm³/mol. The highest BCUT2D eigenvalue weighted by Crippen LogP contribution is 2.10. The molecule has 0 aliphatic carbocycles. The highest BCUT2D eigenvalue weighted by molar-refractivity contribution is 9.09. The van der Waals surface area contributed by atoms with Gasteiger partial charge in [-0.2, -0.15) is 0 Å². The zero-order valence-electron chi connectivity index (χ0n) is 12.8. The molecular weight excluding hydrogens is 302 g/mol. The van der Waals surface area contributed by atoms with E-state index in [1.54, 1.807) is 0 Å². The van der Waals surface area contributed by atoms with Gasteiger partial charge in [0.2, 0.25) is 5.91 Å². The van der Waals surface area contributed by atoms with Crippen molar-refractivity contribution in [3.63, 3.8) is 0 Å². The molecule has 0 radical (unpaired) electrons. The zero-order valence-corrected chi connectivity index (χ0v) is 14.4. The summed E-state index contributed by atoms with van der Waals surface area (Å²) in [6.45, 7) is 5.18. The third-order valence-electron chi connectivity index (χ3n) is 3.42. The lowest BCUT2D eigenvalue weighted by molar-refractivity contribution is -0.121. The number of carbonyl (C=O) groups excluding carboxylic acids is 1. The molecule has 114 valence electrons. The van der Waals surface area contributed by atoms with Gasteiger partial charge in [-0.1, -0.05) is 81.1 Å². The van der Waals surface area contributed by atoms with Gasteiger partial charge in [-0.25, -0.2) is 0 Å². The van der Waals surface area contributed by atoms with Crippen LogP contribution in [0.15, 0.2) is 0 Å². The summed E-state index contributed by atoms with van der Waals surface area (Å²) < 4.78 is 0. The van der Waals surface area contributed by atoms with Gasteiger partial charge in [-0.05, 0) is 12.3 Å². The maximum Gasteiger partial charge on any atom is 0.220 e. The van der Waals surface area contributed by atoms with Crippen molar-refractivity contribution in [3.8, 4) is 0 Å². The van der Waals surface area contributed by atoms with Gasteiger partial charge < -0.3 is 5.32 Å². The number of hydrogen-bond acceptors (Lipinski definition) is 1. The number of amides is 1. The highest BCUT2D eigenvalue weighted by Gasteiger charge is 2.03. The van der Waals surface area contributed by atoms with Crippen LogP contribution >= 0.6 is 15.9 Å². The monoisotopic (exact) mass is 333 g/mol. The normalized spacial score (nSPS) is 12.4. The van der Waals surface area contributed by atoms with Gasteiger partial charge >= 0.3 is 0 Å². The average molecular weight is 334 g/mol. The van der Waals surface area contributed by atoms with E-state index in [-0.39, 0.29) is 5.91 Å².